The first-order valence-electron chi connectivity index (χ1n) is 4.38. The second kappa shape index (κ2) is 5.72. The Balaban J connectivity index is 2.17. The van der Waals surface area contributed by atoms with E-state index in [4.69, 9.17) is 9.47 Å². The van der Waals surface area contributed by atoms with Crippen LogP contribution in [0.4, 0.5) is 0 Å². The maximum atomic E-state index is 11.4. The molecule has 1 saturated heterocycles. The van der Waals surface area contributed by atoms with Gasteiger partial charge in [-0.3, -0.25) is 4.79 Å². The van der Waals surface area contributed by atoms with Crippen LogP contribution in [-0.2, 0) is 14.3 Å². The van der Waals surface area contributed by atoms with Gasteiger partial charge in [-0.05, 0) is 0 Å². The van der Waals surface area contributed by atoms with Crippen LogP contribution >= 0.6 is 0 Å². The van der Waals surface area contributed by atoms with E-state index in [1.165, 1.54) is 0 Å². The molecule has 0 saturated carbocycles. The lowest BCUT2D eigenvalue weighted by molar-refractivity contribution is -0.139. The summed E-state index contributed by atoms with van der Waals surface area (Å²) >= 11 is 0. The Labute approximate surface area is 78.1 Å². The van der Waals surface area contributed by atoms with E-state index in [-0.39, 0.29) is 12.5 Å². The summed E-state index contributed by atoms with van der Waals surface area (Å²) in [7, 11) is 0. The fourth-order valence-corrected chi connectivity index (χ4v) is 1.13. The number of ether oxygens (including phenoxy) is 2. The number of nitrogens with zero attached hydrogens (tertiary/aromatic N) is 1. The van der Waals surface area contributed by atoms with Crippen molar-refractivity contribution in [1.29, 1.82) is 0 Å². The van der Waals surface area contributed by atoms with Gasteiger partial charge in [0.2, 0.25) is 5.91 Å². The van der Waals surface area contributed by atoms with Gasteiger partial charge in [-0.2, -0.15) is 0 Å². The lowest BCUT2D eigenvalue weighted by atomic mass is 10.4. The minimum absolute atomic E-state index is 0.0325. The van der Waals surface area contributed by atoms with Gasteiger partial charge in [0.05, 0.1) is 19.8 Å². The van der Waals surface area contributed by atoms with E-state index in [0.29, 0.717) is 32.9 Å². The number of amides is 1. The van der Waals surface area contributed by atoms with Crippen LogP contribution in [0.3, 0.4) is 0 Å². The minimum Gasteiger partial charge on any atom is -0.378 e. The van der Waals surface area contributed by atoms with Crippen LogP contribution in [-0.4, -0.2) is 50.3 Å². The fourth-order valence-electron chi connectivity index (χ4n) is 1.13. The van der Waals surface area contributed by atoms with Crippen LogP contribution in [0.1, 0.15) is 0 Å². The molecule has 4 heteroatoms. The second-order valence-corrected chi connectivity index (χ2v) is 2.80. The first-order chi connectivity index (χ1) is 6.34. The lowest BCUT2D eigenvalue weighted by Gasteiger charge is -2.26. The van der Waals surface area contributed by atoms with Crippen LogP contribution in [0.2, 0.25) is 0 Å². The van der Waals surface area contributed by atoms with Gasteiger partial charge in [-0.15, -0.1) is 6.58 Å². The molecule has 1 aliphatic heterocycles. The topological polar surface area (TPSA) is 38.8 Å². The minimum atomic E-state index is 0.0325. The van der Waals surface area contributed by atoms with E-state index in [2.05, 4.69) is 6.58 Å². The van der Waals surface area contributed by atoms with Crippen molar-refractivity contribution in [2.45, 2.75) is 0 Å². The molecule has 74 valence electrons. The summed E-state index contributed by atoms with van der Waals surface area (Å²) < 4.78 is 10.2. The van der Waals surface area contributed by atoms with E-state index < -0.39 is 0 Å². The molecular weight excluding hydrogens is 170 g/mol. The number of morpholine rings is 1. The number of carbonyl (C=O) groups is 1. The van der Waals surface area contributed by atoms with E-state index in [0.717, 1.165) is 0 Å². The standard InChI is InChI=1S/C9H15NO3/c1-2-5-13-8-9(11)10-3-6-12-7-4-10/h2H,1,3-8H2. The second-order valence-electron chi connectivity index (χ2n) is 2.80. The smallest absolute Gasteiger partial charge is 0.248 e. The molecule has 0 aromatic heterocycles. The van der Waals surface area contributed by atoms with Gasteiger partial charge >= 0.3 is 0 Å². The van der Waals surface area contributed by atoms with E-state index in [1.807, 2.05) is 0 Å². The molecule has 0 spiro atoms. The van der Waals surface area contributed by atoms with Crippen LogP contribution < -0.4 is 0 Å². The Bertz CT molecular complexity index is 176. The largest absolute Gasteiger partial charge is 0.378 e. The molecule has 0 aromatic carbocycles. The highest BCUT2D eigenvalue weighted by Gasteiger charge is 2.15. The molecule has 0 aromatic rings. The van der Waals surface area contributed by atoms with Crippen LogP contribution in [0.15, 0.2) is 12.7 Å². The molecule has 1 aliphatic rings. The summed E-state index contributed by atoms with van der Waals surface area (Å²) in [6.07, 6.45) is 1.63. The van der Waals surface area contributed by atoms with Crippen LogP contribution in [0.5, 0.6) is 0 Å². The maximum absolute atomic E-state index is 11.4. The van der Waals surface area contributed by atoms with Crippen molar-refractivity contribution in [3.63, 3.8) is 0 Å². The maximum Gasteiger partial charge on any atom is 0.248 e. The van der Waals surface area contributed by atoms with E-state index in [9.17, 15) is 4.79 Å². The molecule has 0 atom stereocenters. The Morgan fingerprint density at radius 3 is 2.85 bits per heavy atom. The Morgan fingerprint density at radius 2 is 2.23 bits per heavy atom. The zero-order valence-electron chi connectivity index (χ0n) is 7.70. The molecule has 4 nitrogen and oxygen atoms in total. The molecule has 1 heterocycles. The SMILES string of the molecule is C=CCOCC(=O)N1CCOCC1. The highest BCUT2D eigenvalue weighted by atomic mass is 16.5. The number of hydrogen-bond donors (Lipinski definition) is 0. The number of carbonyl (C=O) groups excluding carboxylic acids is 1. The van der Waals surface area contributed by atoms with E-state index >= 15 is 0 Å². The van der Waals surface area contributed by atoms with Gasteiger partial charge in [0.1, 0.15) is 6.61 Å². The van der Waals surface area contributed by atoms with Gasteiger partial charge in [-0.25, -0.2) is 0 Å². The molecule has 1 fully saturated rings. The molecule has 1 amide bonds. The average Bonchev–Trinajstić information content (AvgIpc) is 2.19. The molecule has 0 bridgehead atoms. The normalized spacial score (nSPS) is 17.1. The van der Waals surface area contributed by atoms with Crippen LogP contribution in [0.25, 0.3) is 0 Å². The van der Waals surface area contributed by atoms with Crippen molar-refractivity contribution in [3.8, 4) is 0 Å². The quantitative estimate of drug-likeness (QED) is 0.459. The zero-order valence-corrected chi connectivity index (χ0v) is 7.70. The lowest BCUT2D eigenvalue weighted by Crippen LogP contribution is -2.42. The van der Waals surface area contributed by atoms with Crippen molar-refractivity contribution >= 4 is 5.91 Å². The number of hydrogen-bond acceptors (Lipinski definition) is 3. The van der Waals surface area contributed by atoms with E-state index in [1.54, 1.807) is 11.0 Å². The summed E-state index contributed by atoms with van der Waals surface area (Å²) in [5.41, 5.74) is 0. The molecule has 13 heavy (non-hydrogen) atoms. The molecule has 0 unspecified atom stereocenters. The van der Waals surface area contributed by atoms with Gasteiger partial charge in [0.15, 0.2) is 0 Å². The third-order valence-corrected chi connectivity index (χ3v) is 1.83. The van der Waals surface area contributed by atoms with Gasteiger partial charge in [0, 0.05) is 13.1 Å². The third kappa shape index (κ3) is 3.57. The molecule has 0 aliphatic carbocycles. The van der Waals surface area contributed by atoms with Gasteiger partial charge in [0.25, 0.3) is 0 Å². The predicted molar refractivity (Wildman–Crippen MR) is 48.4 cm³/mol. The van der Waals surface area contributed by atoms with Crippen molar-refractivity contribution in [1.82, 2.24) is 4.90 Å². The van der Waals surface area contributed by atoms with Crippen molar-refractivity contribution < 1.29 is 14.3 Å². The molecule has 0 radical (unpaired) electrons. The molecule has 0 N–H and O–H groups in total. The molecular formula is C9H15NO3. The summed E-state index contributed by atoms with van der Waals surface area (Å²) in [4.78, 5) is 13.1. The van der Waals surface area contributed by atoms with Gasteiger partial charge in [-0.1, -0.05) is 6.08 Å². The highest BCUT2D eigenvalue weighted by Crippen LogP contribution is 1.97. The fraction of sp³-hybridized carbons (Fsp3) is 0.667. The third-order valence-electron chi connectivity index (χ3n) is 1.83. The van der Waals surface area contributed by atoms with Crippen LogP contribution in [0, 0.1) is 0 Å². The van der Waals surface area contributed by atoms with Gasteiger partial charge < -0.3 is 14.4 Å². The summed E-state index contributed by atoms with van der Waals surface area (Å²) in [5.74, 6) is 0.0325. The average molecular weight is 185 g/mol. The zero-order chi connectivity index (χ0) is 9.52. The predicted octanol–water partition coefficient (Wildman–Crippen LogP) is 0.0478. The number of rotatable bonds is 4. The van der Waals surface area contributed by atoms with Crippen molar-refractivity contribution in [2.75, 3.05) is 39.5 Å². The summed E-state index contributed by atoms with van der Waals surface area (Å²) in [6.45, 7) is 6.69. The highest BCUT2D eigenvalue weighted by molar-refractivity contribution is 5.77. The summed E-state index contributed by atoms with van der Waals surface area (Å²) in [5, 5.41) is 0. The summed E-state index contributed by atoms with van der Waals surface area (Å²) in [6, 6.07) is 0. The van der Waals surface area contributed by atoms with Crippen molar-refractivity contribution in [2.24, 2.45) is 0 Å². The Hall–Kier alpha value is -0.870. The monoisotopic (exact) mass is 185 g/mol. The Morgan fingerprint density at radius 1 is 1.54 bits per heavy atom. The first kappa shape index (κ1) is 10.2. The Kier molecular flexibility index (Phi) is 4.49. The first-order valence-corrected chi connectivity index (χ1v) is 4.38. The van der Waals surface area contributed by atoms with Crippen molar-refractivity contribution in [3.05, 3.63) is 12.7 Å². The molecule has 1 rings (SSSR count).